The molecule has 0 aliphatic heterocycles. The van der Waals surface area contributed by atoms with Gasteiger partial charge in [-0.25, -0.2) is 4.68 Å². The molecule has 5 heteroatoms. The molecule has 1 aromatic carbocycles. The van der Waals surface area contributed by atoms with Gasteiger partial charge >= 0.3 is 0 Å². The molecular weight excluding hydrogens is 324 g/mol. The predicted molar refractivity (Wildman–Crippen MR) is 64.4 cm³/mol. The molecule has 0 unspecified atom stereocenters. The molecule has 0 spiro atoms. The van der Waals surface area contributed by atoms with Crippen LogP contribution < -0.4 is 0 Å². The number of benzene rings is 1. The van der Waals surface area contributed by atoms with Crippen LogP contribution in [0.2, 0.25) is 0 Å². The summed E-state index contributed by atoms with van der Waals surface area (Å²) in [6.45, 7) is 0. The maximum atomic E-state index is 10.7. The third-order valence-electron chi connectivity index (χ3n) is 1.94. The second-order valence-electron chi connectivity index (χ2n) is 2.87. The first-order chi connectivity index (χ1) is 7.24. The highest BCUT2D eigenvalue weighted by Gasteiger charge is 2.10. The van der Waals surface area contributed by atoms with Crippen molar-refractivity contribution in [2.24, 2.45) is 0 Å². The largest absolute Gasteiger partial charge is 0.298 e. The summed E-state index contributed by atoms with van der Waals surface area (Å²) in [7, 11) is 0. The van der Waals surface area contributed by atoms with Gasteiger partial charge in [0.15, 0.2) is 6.29 Å². The SMILES string of the molecule is O=Cc1cnn(-c2ccccc2Br)c1Br. The second-order valence-corrected chi connectivity index (χ2v) is 4.48. The van der Waals surface area contributed by atoms with Crippen LogP contribution in [0.1, 0.15) is 10.4 Å². The van der Waals surface area contributed by atoms with E-state index in [2.05, 4.69) is 37.0 Å². The molecule has 76 valence electrons. The standard InChI is InChI=1S/C10H6Br2N2O/c11-8-3-1-2-4-9(8)14-10(12)7(6-15)5-13-14/h1-6H. The second kappa shape index (κ2) is 4.28. The van der Waals surface area contributed by atoms with Crippen molar-refractivity contribution in [2.75, 3.05) is 0 Å². The molecule has 2 rings (SSSR count). The van der Waals surface area contributed by atoms with E-state index in [0.717, 1.165) is 16.4 Å². The molecule has 15 heavy (non-hydrogen) atoms. The maximum absolute atomic E-state index is 10.7. The van der Waals surface area contributed by atoms with Gasteiger partial charge in [-0.2, -0.15) is 5.10 Å². The molecule has 0 saturated heterocycles. The summed E-state index contributed by atoms with van der Waals surface area (Å²) in [5, 5.41) is 4.13. The number of para-hydroxylation sites is 1. The Labute approximate surface area is 103 Å². The third-order valence-corrected chi connectivity index (χ3v) is 3.41. The Kier molecular flexibility index (Phi) is 3.02. The Bertz CT molecular complexity index is 508. The number of aromatic nitrogens is 2. The lowest BCUT2D eigenvalue weighted by Gasteiger charge is -2.05. The van der Waals surface area contributed by atoms with Gasteiger partial charge in [-0.05, 0) is 44.0 Å². The number of aldehydes is 1. The zero-order chi connectivity index (χ0) is 10.8. The first-order valence-electron chi connectivity index (χ1n) is 4.17. The van der Waals surface area contributed by atoms with Crippen LogP contribution in [0.4, 0.5) is 0 Å². The Balaban J connectivity index is 2.59. The number of carbonyl (C=O) groups excluding carboxylic acids is 1. The molecule has 2 aromatic rings. The molecule has 3 nitrogen and oxygen atoms in total. The van der Waals surface area contributed by atoms with Crippen molar-refractivity contribution in [1.29, 1.82) is 0 Å². The van der Waals surface area contributed by atoms with Gasteiger partial charge in [0.1, 0.15) is 4.60 Å². The Morgan fingerprint density at radius 2 is 2.00 bits per heavy atom. The molecular formula is C10H6Br2N2O. The third kappa shape index (κ3) is 1.89. The number of rotatable bonds is 2. The van der Waals surface area contributed by atoms with E-state index in [1.807, 2.05) is 24.3 Å². The molecule has 0 aliphatic rings. The fourth-order valence-corrected chi connectivity index (χ4v) is 2.15. The van der Waals surface area contributed by atoms with Crippen molar-refractivity contribution < 1.29 is 4.79 Å². The van der Waals surface area contributed by atoms with Crippen molar-refractivity contribution >= 4 is 38.1 Å². The molecule has 0 N–H and O–H groups in total. The van der Waals surface area contributed by atoms with Crippen LogP contribution in [0.5, 0.6) is 0 Å². The Hall–Kier alpha value is -0.940. The van der Waals surface area contributed by atoms with Crippen molar-refractivity contribution in [3.05, 3.63) is 45.1 Å². The monoisotopic (exact) mass is 328 g/mol. The van der Waals surface area contributed by atoms with E-state index in [4.69, 9.17) is 0 Å². The summed E-state index contributed by atoms with van der Waals surface area (Å²) < 4.78 is 3.24. The Morgan fingerprint density at radius 3 is 2.60 bits per heavy atom. The summed E-state index contributed by atoms with van der Waals surface area (Å²) >= 11 is 6.76. The van der Waals surface area contributed by atoms with Crippen LogP contribution in [0.25, 0.3) is 5.69 Å². The molecule has 0 bridgehead atoms. The van der Waals surface area contributed by atoms with Crippen LogP contribution in [-0.4, -0.2) is 16.1 Å². The van der Waals surface area contributed by atoms with Crippen molar-refractivity contribution in [2.45, 2.75) is 0 Å². The van der Waals surface area contributed by atoms with Crippen molar-refractivity contribution in [1.82, 2.24) is 9.78 Å². The fourth-order valence-electron chi connectivity index (χ4n) is 1.22. The first kappa shape index (κ1) is 10.6. The van der Waals surface area contributed by atoms with Gasteiger partial charge in [-0.1, -0.05) is 12.1 Å². The summed E-state index contributed by atoms with van der Waals surface area (Å²) in [6.07, 6.45) is 2.29. The summed E-state index contributed by atoms with van der Waals surface area (Å²) in [4.78, 5) is 10.7. The molecule has 0 aliphatic carbocycles. The zero-order valence-electron chi connectivity index (χ0n) is 7.52. The quantitative estimate of drug-likeness (QED) is 0.793. The number of halogens is 2. The normalized spacial score (nSPS) is 10.3. The molecule has 0 saturated carbocycles. The van der Waals surface area contributed by atoms with Gasteiger partial charge in [0, 0.05) is 4.47 Å². The molecule has 0 atom stereocenters. The van der Waals surface area contributed by atoms with Gasteiger partial charge in [-0.3, -0.25) is 4.79 Å². The van der Waals surface area contributed by atoms with E-state index in [9.17, 15) is 4.79 Å². The van der Waals surface area contributed by atoms with E-state index in [1.54, 1.807) is 4.68 Å². The summed E-state index contributed by atoms with van der Waals surface area (Å²) in [5.41, 5.74) is 1.42. The molecule has 0 fully saturated rings. The van der Waals surface area contributed by atoms with Crippen LogP contribution in [0, 0.1) is 0 Å². The zero-order valence-corrected chi connectivity index (χ0v) is 10.7. The fraction of sp³-hybridized carbons (Fsp3) is 0. The van der Waals surface area contributed by atoms with Gasteiger partial charge in [-0.15, -0.1) is 0 Å². The van der Waals surface area contributed by atoms with E-state index in [0.29, 0.717) is 10.2 Å². The van der Waals surface area contributed by atoms with Crippen molar-refractivity contribution in [3.8, 4) is 5.69 Å². The van der Waals surface area contributed by atoms with Gasteiger partial charge in [0.05, 0.1) is 17.4 Å². The molecule has 0 amide bonds. The number of hydrogen-bond acceptors (Lipinski definition) is 2. The van der Waals surface area contributed by atoms with Gasteiger partial charge in [0.2, 0.25) is 0 Å². The summed E-state index contributed by atoms with van der Waals surface area (Å²) in [5.74, 6) is 0. The van der Waals surface area contributed by atoms with E-state index in [1.165, 1.54) is 6.20 Å². The lowest BCUT2D eigenvalue weighted by Crippen LogP contribution is -1.97. The van der Waals surface area contributed by atoms with Crippen LogP contribution in [0.3, 0.4) is 0 Å². The lowest BCUT2D eigenvalue weighted by molar-refractivity contribution is 0.112. The highest BCUT2D eigenvalue weighted by Crippen LogP contribution is 2.25. The minimum absolute atomic E-state index is 0.533. The van der Waals surface area contributed by atoms with Crippen molar-refractivity contribution in [3.63, 3.8) is 0 Å². The van der Waals surface area contributed by atoms with E-state index < -0.39 is 0 Å². The predicted octanol–water partition coefficient (Wildman–Crippen LogP) is 3.21. The van der Waals surface area contributed by atoms with Crippen LogP contribution >= 0.6 is 31.9 Å². The van der Waals surface area contributed by atoms with E-state index in [-0.39, 0.29) is 0 Å². The van der Waals surface area contributed by atoms with Gasteiger partial charge in [0.25, 0.3) is 0 Å². The average Bonchev–Trinajstić information content (AvgIpc) is 2.60. The average molecular weight is 330 g/mol. The number of hydrogen-bond donors (Lipinski definition) is 0. The highest BCUT2D eigenvalue weighted by molar-refractivity contribution is 9.11. The van der Waals surface area contributed by atoms with Crippen LogP contribution in [-0.2, 0) is 0 Å². The smallest absolute Gasteiger partial charge is 0.154 e. The molecule has 1 heterocycles. The van der Waals surface area contributed by atoms with Crippen LogP contribution in [0.15, 0.2) is 39.5 Å². The maximum Gasteiger partial charge on any atom is 0.154 e. The molecule has 1 aromatic heterocycles. The first-order valence-corrected chi connectivity index (χ1v) is 5.76. The van der Waals surface area contributed by atoms with E-state index >= 15 is 0 Å². The number of carbonyl (C=O) groups is 1. The minimum atomic E-state index is 0.533. The lowest BCUT2D eigenvalue weighted by atomic mass is 10.3. The molecule has 0 radical (unpaired) electrons. The summed E-state index contributed by atoms with van der Waals surface area (Å²) in [6, 6.07) is 7.67. The topological polar surface area (TPSA) is 34.9 Å². The highest BCUT2D eigenvalue weighted by atomic mass is 79.9. The van der Waals surface area contributed by atoms with Gasteiger partial charge < -0.3 is 0 Å². The Morgan fingerprint density at radius 1 is 1.27 bits per heavy atom. The minimum Gasteiger partial charge on any atom is -0.298 e. The number of nitrogens with zero attached hydrogens (tertiary/aromatic N) is 2.